The quantitative estimate of drug-likeness (QED) is 0.342. The fourth-order valence-corrected chi connectivity index (χ4v) is 2.64. The van der Waals surface area contributed by atoms with E-state index in [1.54, 1.807) is 7.11 Å². The summed E-state index contributed by atoms with van der Waals surface area (Å²) >= 11 is 0. The van der Waals surface area contributed by atoms with Crippen molar-refractivity contribution in [1.82, 2.24) is 15.5 Å². The van der Waals surface area contributed by atoms with Gasteiger partial charge in [-0.1, -0.05) is 12.8 Å². The molecule has 1 fully saturated rings. The molecule has 1 rings (SSSR count). The molecular formula is C17H36N4O2. The minimum atomic E-state index is 0.657. The van der Waals surface area contributed by atoms with Gasteiger partial charge in [0.05, 0.1) is 13.2 Å². The number of nitrogens with zero attached hydrogens (tertiary/aromatic N) is 2. The van der Waals surface area contributed by atoms with E-state index in [1.165, 1.54) is 38.8 Å². The molecule has 0 bridgehead atoms. The fraction of sp³-hybridized carbons (Fsp3) is 0.941. The minimum Gasteiger partial charge on any atom is -0.382 e. The van der Waals surface area contributed by atoms with Crippen molar-refractivity contribution in [3.05, 3.63) is 0 Å². The van der Waals surface area contributed by atoms with Gasteiger partial charge >= 0.3 is 0 Å². The maximum absolute atomic E-state index is 5.45. The molecule has 136 valence electrons. The molecule has 2 N–H and O–H groups in total. The van der Waals surface area contributed by atoms with Crippen molar-refractivity contribution in [2.75, 3.05) is 66.2 Å². The van der Waals surface area contributed by atoms with E-state index >= 15 is 0 Å². The first-order valence-corrected chi connectivity index (χ1v) is 9.18. The summed E-state index contributed by atoms with van der Waals surface area (Å²) in [5.41, 5.74) is 0. The van der Waals surface area contributed by atoms with Crippen LogP contribution in [0.1, 0.15) is 39.0 Å². The van der Waals surface area contributed by atoms with Gasteiger partial charge in [0.25, 0.3) is 0 Å². The highest BCUT2D eigenvalue weighted by molar-refractivity contribution is 5.79. The second-order valence-electron chi connectivity index (χ2n) is 5.90. The maximum Gasteiger partial charge on any atom is 0.191 e. The van der Waals surface area contributed by atoms with Crippen molar-refractivity contribution in [2.24, 2.45) is 4.99 Å². The highest BCUT2D eigenvalue weighted by atomic mass is 16.5. The number of hydrogen-bond acceptors (Lipinski definition) is 4. The van der Waals surface area contributed by atoms with Gasteiger partial charge in [0.1, 0.15) is 0 Å². The van der Waals surface area contributed by atoms with Gasteiger partial charge in [-0.15, -0.1) is 0 Å². The van der Waals surface area contributed by atoms with E-state index in [0.717, 1.165) is 45.2 Å². The summed E-state index contributed by atoms with van der Waals surface area (Å²) in [6.07, 6.45) is 6.40. The Labute approximate surface area is 142 Å². The molecule has 0 aromatic carbocycles. The summed E-state index contributed by atoms with van der Waals surface area (Å²) in [5.74, 6) is 0.916. The van der Waals surface area contributed by atoms with Gasteiger partial charge in [0.15, 0.2) is 5.96 Å². The van der Waals surface area contributed by atoms with Crippen molar-refractivity contribution in [1.29, 1.82) is 0 Å². The molecule has 0 atom stereocenters. The lowest BCUT2D eigenvalue weighted by atomic mass is 10.2. The van der Waals surface area contributed by atoms with E-state index in [9.17, 15) is 0 Å². The van der Waals surface area contributed by atoms with Crippen LogP contribution in [0.2, 0.25) is 0 Å². The van der Waals surface area contributed by atoms with Crippen LogP contribution in [-0.2, 0) is 9.47 Å². The predicted molar refractivity (Wildman–Crippen MR) is 96.2 cm³/mol. The molecule has 0 aliphatic carbocycles. The van der Waals surface area contributed by atoms with E-state index in [4.69, 9.17) is 9.47 Å². The summed E-state index contributed by atoms with van der Waals surface area (Å²) in [4.78, 5) is 7.16. The number of likely N-dealkylation sites (tertiary alicyclic amines) is 1. The standard InChI is InChI=1S/C17H36N4O2/c1-3-18-17(19-9-8-14-23-16-15-22-2)20-10-13-21-11-6-4-5-7-12-21/h3-16H2,1-2H3,(H2,18,19,20). The zero-order valence-corrected chi connectivity index (χ0v) is 15.1. The summed E-state index contributed by atoms with van der Waals surface area (Å²) in [6, 6.07) is 0. The Morgan fingerprint density at radius 2 is 1.83 bits per heavy atom. The highest BCUT2D eigenvalue weighted by Crippen LogP contribution is 2.08. The van der Waals surface area contributed by atoms with Crippen LogP contribution in [0.25, 0.3) is 0 Å². The summed E-state index contributed by atoms with van der Waals surface area (Å²) in [7, 11) is 1.69. The van der Waals surface area contributed by atoms with Gasteiger partial charge < -0.3 is 25.0 Å². The molecule has 0 aromatic rings. The Hall–Kier alpha value is -0.850. The Morgan fingerprint density at radius 1 is 1.04 bits per heavy atom. The lowest BCUT2D eigenvalue weighted by Crippen LogP contribution is -2.42. The first-order valence-electron chi connectivity index (χ1n) is 9.18. The molecule has 0 radical (unpaired) electrons. The number of nitrogens with one attached hydrogen (secondary N) is 2. The van der Waals surface area contributed by atoms with Crippen molar-refractivity contribution in [3.63, 3.8) is 0 Å². The third-order valence-electron chi connectivity index (χ3n) is 3.91. The van der Waals surface area contributed by atoms with Gasteiger partial charge in [-0.05, 0) is 39.3 Å². The van der Waals surface area contributed by atoms with Crippen LogP contribution in [-0.4, -0.2) is 77.1 Å². The Kier molecular flexibility index (Phi) is 12.9. The molecule has 0 aromatic heterocycles. The van der Waals surface area contributed by atoms with Gasteiger partial charge in [0, 0.05) is 39.9 Å². The van der Waals surface area contributed by atoms with Gasteiger partial charge in [-0.2, -0.15) is 0 Å². The maximum atomic E-state index is 5.45. The number of guanidine groups is 1. The van der Waals surface area contributed by atoms with Crippen LogP contribution < -0.4 is 10.6 Å². The van der Waals surface area contributed by atoms with E-state index in [0.29, 0.717) is 13.2 Å². The first kappa shape index (κ1) is 20.2. The smallest absolute Gasteiger partial charge is 0.191 e. The number of ether oxygens (including phenoxy) is 2. The normalized spacial score (nSPS) is 17.0. The average molecular weight is 329 g/mol. The van der Waals surface area contributed by atoms with Gasteiger partial charge in [0.2, 0.25) is 0 Å². The van der Waals surface area contributed by atoms with Crippen LogP contribution >= 0.6 is 0 Å². The Balaban J connectivity index is 2.13. The number of rotatable bonds is 11. The SMILES string of the molecule is CCNC(=NCCCOCCOC)NCCN1CCCCCC1. The fourth-order valence-electron chi connectivity index (χ4n) is 2.64. The van der Waals surface area contributed by atoms with Crippen LogP contribution in [0.4, 0.5) is 0 Å². The molecular weight excluding hydrogens is 292 g/mol. The summed E-state index contributed by atoms with van der Waals surface area (Å²) in [5, 5.41) is 6.74. The predicted octanol–water partition coefficient (Wildman–Crippen LogP) is 1.47. The largest absolute Gasteiger partial charge is 0.382 e. The summed E-state index contributed by atoms with van der Waals surface area (Å²) in [6.45, 7) is 10.4. The van der Waals surface area contributed by atoms with Crippen molar-refractivity contribution in [2.45, 2.75) is 39.0 Å². The molecule has 0 spiro atoms. The van der Waals surface area contributed by atoms with E-state index < -0.39 is 0 Å². The molecule has 0 amide bonds. The van der Waals surface area contributed by atoms with E-state index in [1.807, 2.05) is 0 Å². The lowest BCUT2D eigenvalue weighted by molar-refractivity contribution is 0.0702. The topological polar surface area (TPSA) is 58.1 Å². The molecule has 6 nitrogen and oxygen atoms in total. The molecule has 1 heterocycles. The lowest BCUT2D eigenvalue weighted by Gasteiger charge is -2.20. The van der Waals surface area contributed by atoms with Gasteiger partial charge in [-0.25, -0.2) is 0 Å². The number of aliphatic imine (C=N–C) groups is 1. The van der Waals surface area contributed by atoms with Crippen molar-refractivity contribution >= 4 is 5.96 Å². The third kappa shape index (κ3) is 11.3. The molecule has 1 aliphatic heterocycles. The van der Waals surface area contributed by atoms with Crippen LogP contribution in [0, 0.1) is 0 Å². The molecule has 0 unspecified atom stereocenters. The van der Waals surface area contributed by atoms with Crippen LogP contribution in [0.5, 0.6) is 0 Å². The van der Waals surface area contributed by atoms with Gasteiger partial charge in [-0.3, -0.25) is 4.99 Å². The van der Waals surface area contributed by atoms with Crippen LogP contribution in [0.3, 0.4) is 0 Å². The Morgan fingerprint density at radius 3 is 2.52 bits per heavy atom. The van der Waals surface area contributed by atoms with E-state index in [-0.39, 0.29) is 0 Å². The molecule has 1 saturated heterocycles. The minimum absolute atomic E-state index is 0.657. The molecule has 0 saturated carbocycles. The Bertz CT molecular complexity index is 292. The molecule has 23 heavy (non-hydrogen) atoms. The van der Waals surface area contributed by atoms with Crippen LogP contribution in [0.15, 0.2) is 4.99 Å². The third-order valence-corrected chi connectivity index (χ3v) is 3.91. The summed E-state index contributed by atoms with van der Waals surface area (Å²) < 4.78 is 10.4. The zero-order chi connectivity index (χ0) is 16.6. The van der Waals surface area contributed by atoms with Crippen molar-refractivity contribution in [3.8, 4) is 0 Å². The second kappa shape index (κ2) is 14.7. The number of hydrogen-bond donors (Lipinski definition) is 2. The zero-order valence-electron chi connectivity index (χ0n) is 15.1. The monoisotopic (exact) mass is 328 g/mol. The number of methoxy groups -OCH3 is 1. The first-order chi connectivity index (χ1) is 11.4. The highest BCUT2D eigenvalue weighted by Gasteiger charge is 2.08. The van der Waals surface area contributed by atoms with Crippen molar-refractivity contribution < 1.29 is 9.47 Å². The molecule has 1 aliphatic rings. The van der Waals surface area contributed by atoms with E-state index in [2.05, 4.69) is 27.4 Å². The molecule has 6 heteroatoms. The second-order valence-corrected chi connectivity index (χ2v) is 5.90. The average Bonchev–Trinajstić information content (AvgIpc) is 2.83.